The van der Waals surface area contributed by atoms with Crippen LogP contribution in [0, 0.1) is 6.92 Å². The maximum absolute atomic E-state index is 12.8. The lowest BCUT2D eigenvalue weighted by molar-refractivity contribution is -0.119. The lowest BCUT2D eigenvalue weighted by Crippen LogP contribution is -2.27. The number of fused-ring (bicyclic) bond motifs is 1. The third-order valence-corrected chi connectivity index (χ3v) is 6.19. The van der Waals surface area contributed by atoms with Crippen molar-refractivity contribution in [2.75, 3.05) is 18.5 Å². The van der Waals surface area contributed by atoms with Gasteiger partial charge in [0.15, 0.2) is 12.3 Å². The van der Waals surface area contributed by atoms with Crippen molar-refractivity contribution in [2.24, 2.45) is 0 Å². The average Bonchev–Trinajstić information content (AvgIpc) is 3.14. The summed E-state index contributed by atoms with van der Waals surface area (Å²) >= 11 is 1.27. The first-order chi connectivity index (χ1) is 16.3. The van der Waals surface area contributed by atoms with E-state index in [9.17, 15) is 19.2 Å². The van der Waals surface area contributed by atoms with E-state index < -0.39 is 24.5 Å². The first kappa shape index (κ1) is 25.1. The van der Waals surface area contributed by atoms with Crippen LogP contribution in [0.4, 0.5) is 5.00 Å². The molecule has 1 aromatic carbocycles. The second-order valence-electron chi connectivity index (χ2n) is 7.46. The lowest BCUT2D eigenvalue weighted by Gasteiger charge is -2.11. The van der Waals surface area contributed by atoms with Gasteiger partial charge in [-0.05, 0) is 38.3 Å². The smallest absolute Gasteiger partial charge is 0.359 e. The number of ether oxygens (including phenoxy) is 2. The maximum Gasteiger partial charge on any atom is 0.359 e. The molecule has 1 N–H and O–H groups in total. The van der Waals surface area contributed by atoms with E-state index in [0.717, 1.165) is 10.4 Å². The number of rotatable bonds is 9. The van der Waals surface area contributed by atoms with Crippen LogP contribution in [-0.2, 0) is 27.2 Å². The van der Waals surface area contributed by atoms with Gasteiger partial charge in [-0.15, -0.1) is 11.3 Å². The number of hydrogen-bond acceptors (Lipinski definition) is 8. The number of carbonyl (C=O) groups excluding carboxylic acids is 3. The highest BCUT2D eigenvalue weighted by Crippen LogP contribution is 2.34. The number of carbonyl (C=O) groups is 3. The summed E-state index contributed by atoms with van der Waals surface area (Å²) in [6.45, 7) is 7.36. The van der Waals surface area contributed by atoms with Crippen molar-refractivity contribution in [1.82, 2.24) is 9.78 Å². The van der Waals surface area contributed by atoms with Gasteiger partial charge in [0.1, 0.15) is 5.00 Å². The Labute approximate surface area is 200 Å². The van der Waals surface area contributed by atoms with E-state index in [1.807, 2.05) is 20.8 Å². The van der Waals surface area contributed by atoms with Gasteiger partial charge in [0.05, 0.1) is 17.6 Å². The van der Waals surface area contributed by atoms with Gasteiger partial charge >= 0.3 is 11.9 Å². The van der Waals surface area contributed by atoms with E-state index in [4.69, 9.17) is 9.47 Å². The van der Waals surface area contributed by atoms with Gasteiger partial charge in [-0.1, -0.05) is 32.0 Å². The van der Waals surface area contributed by atoms with E-state index in [-0.39, 0.29) is 17.9 Å². The van der Waals surface area contributed by atoms with E-state index in [0.29, 0.717) is 40.7 Å². The Kier molecular flexibility index (Phi) is 8.17. The molecule has 0 aliphatic carbocycles. The molecule has 10 heteroatoms. The largest absolute Gasteiger partial charge is 0.462 e. The van der Waals surface area contributed by atoms with E-state index in [1.54, 1.807) is 31.2 Å². The van der Waals surface area contributed by atoms with Crippen LogP contribution < -0.4 is 10.9 Å². The van der Waals surface area contributed by atoms with Crippen molar-refractivity contribution in [1.29, 1.82) is 0 Å². The predicted molar refractivity (Wildman–Crippen MR) is 130 cm³/mol. The molecule has 3 aromatic rings. The van der Waals surface area contributed by atoms with Crippen LogP contribution in [0.5, 0.6) is 0 Å². The van der Waals surface area contributed by atoms with Crippen molar-refractivity contribution in [3.05, 3.63) is 56.3 Å². The van der Waals surface area contributed by atoms with Gasteiger partial charge in [-0.3, -0.25) is 9.59 Å². The molecule has 0 saturated carbocycles. The topological polar surface area (TPSA) is 117 Å². The molecule has 0 unspecified atom stereocenters. The van der Waals surface area contributed by atoms with Gasteiger partial charge in [0.2, 0.25) is 0 Å². The van der Waals surface area contributed by atoms with E-state index >= 15 is 0 Å². The summed E-state index contributed by atoms with van der Waals surface area (Å²) in [5, 5.41) is 7.89. The zero-order valence-corrected chi connectivity index (χ0v) is 20.4. The highest BCUT2D eigenvalue weighted by Gasteiger charge is 2.24. The molecule has 2 aromatic heterocycles. The van der Waals surface area contributed by atoms with Crippen molar-refractivity contribution >= 4 is 45.0 Å². The molecular formula is C24H27N3O6S. The predicted octanol–water partition coefficient (Wildman–Crippen LogP) is 3.71. The van der Waals surface area contributed by atoms with Crippen LogP contribution in [0.1, 0.15) is 58.5 Å². The van der Waals surface area contributed by atoms with Crippen LogP contribution in [0.3, 0.4) is 0 Å². The van der Waals surface area contributed by atoms with Gasteiger partial charge in [0.25, 0.3) is 11.5 Å². The van der Waals surface area contributed by atoms with E-state index in [1.165, 1.54) is 16.0 Å². The second kappa shape index (κ2) is 11.1. The van der Waals surface area contributed by atoms with Gasteiger partial charge in [-0.25, -0.2) is 14.3 Å². The summed E-state index contributed by atoms with van der Waals surface area (Å²) in [4.78, 5) is 51.3. The fourth-order valence-electron chi connectivity index (χ4n) is 3.62. The molecule has 0 atom stereocenters. The fourth-order valence-corrected chi connectivity index (χ4v) is 4.77. The van der Waals surface area contributed by atoms with E-state index in [2.05, 4.69) is 10.4 Å². The zero-order chi connectivity index (χ0) is 24.8. The van der Waals surface area contributed by atoms with Crippen molar-refractivity contribution < 1.29 is 23.9 Å². The first-order valence-corrected chi connectivity index (χ1v) is 11.9. The highest BCUT2D eigenvalue weighted by atomic mass is 32.1. The Bertz CT molecular complexity index is 1290. The first-order valence-electron chi connectivity index (χ1n) is 11.1. The Balaban J connectivity index is 1.80. The summed E-state index contributed by atoms with van der Waals surface area (Å²) in [6, 6.07) is 6.63. The molecule has 0 bridgehead atoms. The number of nitrogens with one attached hydrogen (secondary N) is 1. The molecule has 34 heavy (non-hydrogen) atoms. The van der Waals surface area contributed by atoms with Gasteiger partial charge in [-0.2, -0.15) is 5.10 Å². The number of aromatic nitrogens is 2. The standard InChI is InChI=1S/C24H27N3O6S/c1-5-12-27-22(29)17-11-9-8-10-16(17)20(26-27)24(31)33-13-18(28)25-21-19(23(30)32-7-3)15(6-2)14(4)34-21/h8-11H,5-7,12-13H2,1-4H3,(H,25,28). The number of anilines is 1. The lowest BCUT2D eigenvalue weighted by atomic mass is 10.1. The third kappa shape index (κ3) is 5.17. The summed E-state index contributed by atoms with van der Waals surface area (Å²) in [6.07, 6.45) is 1.26. The average molecular weight is 486 g/mol. The molecule has 1 amide bonds. The maximum atomic E-state index is 12.8. The van der Waals surface area contributed by atoms with Crippen LogP contribution in [0.25, 0.3) is 10.8 Å². The van der Waals surface area contributed by atoms with Crippen LogP contribution in [0.15, 0.2) is 29.1 Å². The number of thiophene rings is 1. The van der Waals surface area contributed by atoms with Crippen molar-refractivity contribution in [3.63, 3.8) is 0 Å². The van der Waals surface area contributed by atoms with Gasteiger partial charge in [0, 0.05) is 16.8 Å². The molecule has 2 heterocycles. The Morgan fingerprint density at radius 1 is 1.06 bits per heavy atom. The van der Waals surface area contributed by atoms with Crippen molar-refractivity contribution in [2.45, 2.75) is 47.1 Å². The molecule has 180 valence electrons. The Morgan fingerprint density at radius 3 is 2.41 bits per heavy atom. The number of benzene rings is 1. The molecular weight excluding hydrogens is 458 g/mol. The number of esters is 2. The SMILES string of the molecule is CCCn1nc(C(=O)OCC(=O)Nc2sc(C)c(CC)c2C(=O)OCC)c2ccccc2c1=O. The number of hydrogen-bond donors (Lipinski definition) is 1. The quantitative estimate of drug-likeness (QED) is 0.459. The summed E-state index contributed by atoms with van der Waals surface area (Å²) in [5.74, 6) is -1.93. The van der Waals surface area contributed by atoms with Crippen LogP contribution >= 0.6 is 11.3 Å². The molecule has 3 rings (SSSR count). The minimum absolute atomic E-state index is 0.0381. The number of amides is 1. The minimum Gasteiger partial charge on any atom is -0.462 e. The fraction of sp³-hybridized carbons (Fsp3) is 0.375. The molecule has 0 radical (unpaired) electrons. The summed E-state index contributed by atoms with van der Waals surface area (Å²) < 4.78 is 11.6. The van der Waals surface area contributed by atoms with Crippen molar-refractivity contribution in [3.8, 4) is 0 Å². The Morgan fingerprint density at radius 2 is 1.76 bits per heavy atom. The molecule has 0 aliphatic rings. The highest BCUT2D eigenvalue weighted by molar-refractivity contribution is 7.16. The van der Waals surface area contributed by atoms with Crippen LogP contribution in [-0.4, -0.2) is 40.8 Å². The summed E-state index contributed by atoms with van der Waals surface area (Å²) in [7, 11) is 0. The Hall–Kier alpha value is -3.53. The third-order valence-electron chi connectivity index (χ3n) is 5.13. The van der Waals surface area contributed by atoms with Crippen LogP contribution in [0.2, 0.25) is 0 Å². The number of nitrogens with zero attached hydrogens (tertiary/aromatic N) is 2. The molecule has 0 spiro atoms. The molecule has 0 aliphatic heterocycles. The summed E-state index contributed by atoms with van der Waals surface area (Å²) in [5.41, 5.74) is 0.803. The second-order valence-corrected chi connectivity index (χ2v) is 8.69. The molecule has 9 nitrogen and oxygen atoms in total. The monoisotopic (exact) mass is 485 g/mol. The normalized spacial score (nSPS) is 10.8. The molecule has 0 fully saturated rings. The zero-order valence-electron chi connectivity index (χ0n) is 19.6. The van der Waals surface area contributed by atoms with Gasteiger partial charge < -0.3 is 14.8 Å². The number of aryl methyl sites for hydroxylation is 2. The molecule has 0 saturated heterocycles. The minimum atomic E-state index is -0.821.